The fraction of sp³-hybridized carbons (Fsp3) is 0.176. The van der Waals surface area contributed by atoms with Crippen molar-refractivity contribution in [1.29, 1.82) is 0 Å². The van der Waals surface area contributed by atoms with Gasteiger partial charge < -0.3 is 0 Å². The Hall–Kier alpha value is -1.82. The Kier molecular flexibility index (Phi) is 2.36. The molecule has 0 fully saturated rings. The van der Waals surface area contributed by atoms with Crippen molar-refractivity contribution >= 4 is 6.08 Å². The summed E-state index contributed by atoms with van der Waals surface area (Å²) in [7, 11) is 0. The van der Waals surface area contributed by atoms with Crippen LogP contribution in [0.4, 0.5) is 0 Å². The van der Waals surface area contributed by atoms with Gasteiger partial charge in [0.15, 0.2) is 0 Å². The molecule has 3 rings (SSSR count). The zero-order valence-corrected chi connectivity index (χ0v) is 10.1. The second-order valence-corrected chi connectivity index (χ2v) is 4.89. The van der Waals surface area contributed by atoms with Crippen LogP contribution >= 0.6 is 0 Å². The summed E-state index contributed by atoms with van der Waals surface area (Å²) in [6, 6.07) is 19.5. The molecule has 0 aliphatic heterocycles. The summed E-state index contributed by atoms with van der Waals surface area (Å²) >= 11 is 0. The molecule has 1 unspecified atom stereocenters. The summed E-state index contributed by atoms with van der Waals surface area (Å²) in [4.78, 5) is 0. The lowest BCUT2D eigenvalue weighted by molar-refractivity contribution is 0.574. The van der Waals surface area contributed by atoms with Crippen LogP contribution in [0.15, 0.2) is 60.7 Å². The molecule has 17 heavy (non-hydrogen) atoms. The number of rotatable bonds is 1. The van der Waals surface area contributed by atoms with Gasteiger partial charge in [-0.15, -0.1) is 0 Å². The molecule has 2 aromatic carbocycles. The van der Waals surface area contributed by atoms with Crippen LogP contribution in [-0.4, -0.2) is 0 Å². The first kappa shape index (κ1) is 10.3. The Morgan fingerprint density at radius 1 is 0.882 bits per heavy atom. The predicted octanol–water partition coefficient (Wildman–Crippen LogP) is 4.41. The second-order valence-electron chi connectivity index (χ2n) is 4.89. The molecule has 1 aliphatic carbocycles. The predicted molar refractivity (Wildman–Crippen MR) is 73.0 cm³/mol. The normalized spacial score (nSPS) is 22.2. The number of benzene rings is 2. The Morgan fingerprint density at radius 2 is 1.59 bits per heavy atom. The zero-order chi connectivity index (χ0) is 11.7. The minimum Gasteiger partial charge on any atom is -0.0827 e. The SMILES string of the molecule is CC1(c2ccccc2)CC=Cc2ccccc21. The highest BCUT2D eigenvalue weighted by Crippen LogP contribution is 2.40. The summed E-state index contributed by atoms with van der Waals surface area (Å²) in [5, 5.41) is 0. The smallest absolute Gasteiger partial charge is 0.0215 e. The molecule has 0 saturated heterocycles. The van der Waals surface area contributed by atoms with E-state index >= 15 is 0 Å². The molecule has 2 aromatic rings. The van der Waals surface area contributed by atoms with E-state index in [0.29, 0.717) is 0 Å². The van der Waals surface area contributed by atoms with E-state index < -0.39 is 0 Å². The fourth-order valence-corrected chi connectivity index (χ4v) is 2.76. The first-order valence-corrected chi connectivity index (χ1v) is 6.12. The van der Waals surface area contributed by atoms with Crippen molar-refractivity contribution in [3.63, 3.8) is 0 Å². The average molecular weight is 220 g/mol. The quantitative estimate of drug-likeness (QED) is 0.667. The van der Waals surface area contributed by atoms with Crippen LogP contribution in [0, 0.1) is 0 Å². The summed E-state index contributed by atoms with van der Waals surface area (Å²) in [6.45, 7) is 2.34. The van der Waals surface area contributed by atoms with Crippen LogP contribution in [0.5, 0.6) is 0 Å². The van der Waals surface area contributed by atoms with E-state index in [1.165, 1.54) is 16.7 Å². The third-order valence-electron chi connectivity index (χ3n) is 3.79. The number of hydrogen-bond acceptors (Lipinski definition) is 0. The molecule has 0 radical (unpaired) electrons. The third kappa shape index (κ3) is 1.61. The average Bonchev–Trinajstić information content (AvgIpc) is 2.40. The van der Waals surface area contributed by atoms with Crippen LogP contribution in [0.25, 0.3) is 6.08 Å². The lowest BCUT2D eigenvalue weighted by atomic mass is 9.70. The molecule has 0 nitrogen and oxygen atoms in total. The summed E-state index contributed by atoms with van der Waals surface area (Å²) in [6.07, 6.45) is 5.60. The molecule has 1 atom stereocenters. The lowest BCUT2D eigenvalue weighted by Crippen LogP contribution is -2.25. The molecule has 0 spiro atoms. The van der Waals surface area contributed by atoms with Crippen molar-refractivity contribution in [3.05, 3.63) is 77.4 Å². The fourth-order valence-electron chi connectivity index (χ4n) is 2.76. The van der Waals surface area contributed by atoms with Gasteiger partial charge >= 0.3 is 0 Å². The molecular formula is C17H16. The molecule has 0 amide bonds. The van der Waals surface area contributed by atoms with Gasteiger partial charge in [0.2, 0.25) is 0 Å². The number of allylic oxidation sites excluding steroid dienone is 1. The summed E-state index contributed by atoms with van der Waals surface area (Å²) in [5.74, 6) is 0. The van der Waals surface area contributed by atoms with Crippen molar-refractivity contribution in [2.45, 2.75) is 18.8 Å². The second kappa shape index (κ2) is 3.89. The highest BCUT2D eigenvalue weighted by atomic mass is 14.3. The topological polar surface area (TPSA) is 0 Å². The van der Waals surface area contributed by atoms with Gasteiger partial charge in [0.1, 0.15) is 0 Å². The number of hydrogen-bond donors (Lipinski definition) is 0. The lowest BCUT2D eigenvalue weighted by Gasteiger charge is -2.34. The highest BCUT2D eigenvalue weighted by molar-refractivity contribution is 5.61. The Balaban J connectivity index is 2.19. The van der Waals surface area contributed by atoms with Gasteiger partial charge in [0.25, 0.3) is 0 Å². The van der Waals surface area contributed by atoms with E-state index in [9.17, 15) is 0 Å². The first-order chi connectivity index (χ1) is 8.31. The molecule has 84 valence electrons. The third-order valence-corrected chi connectivity index (χ3v) is 3.79. The van der Waals surface area contributed by atoms with E-state index in [1.807, 2.05) is 0 Å². The van der Waals surface area contributed by atoms with E-state index in [1.54, 1.807) is 0 Å². The van der Waals surface area contributed by atoms with Crippen LogP contribution < -0.4 is 0 Å². The molecule has 0 heteroatoms. The van der Waals surface area contributed by atoms with Crippen molar-refractivity contribution in [3.8, 4) is 0 Å². The van der Waals surface area contributed by atoms with Crippen molar-refractivity contribution in [2.24, 2.45) is 0 Å². The minimum atomic E-state index is 0.118. The summed E-state index contributed by atoms with van der Waals surface area (Å²) in [5.41, 5.74) is 4.31. The highest BCUT2D eigenvalue weighted by Gasteiger charge is 2.30. The van der Waals surface area contributed by atoms with Gasteiger partial charge in [-0.25, -0.2) is 0 Å². The maximum Gasteiger partial charge on any atom is 0.0215 e. The van der Waals surface area contributed by atoms with Crippen LogP contribution in [0.1, 0.15) is 30.0 Å². The standard InChI is InChI=1S/C17H16/c1-17(15-10-3-2-4-11-15)13-7-9-14-8-5-6-12-16(14)17/h2-12H,13H2,1H3. The monoisotopic (exact) mass is 220 g/mol. The van der Waals surface area contributed by atoms with Gasteiger partial charge in [-0.1, -0.05) is 73.7 Å². The molecule has 0 saturated carbocycles. The van der Waals surface area contributed by atoms with Crippen LogP contribution in [0.2, 0.25) is 0 Å². The van der Waals surface area contributed by atoms with E-state index in [0.717, 1.165) is 6.42 Å². The van der Waals surface area contributed by atoms with Gasteiger partial charge in [0.05, 0.1) is 0 Å². The Labute approximate surface area is 103 Å². The molecular weight excluding hydrogens is 204 g/mol. The van der Waals surface area contributed by atoms with E-state index in [4.69, 9.17) is 0 Å². The van der Waals surface area contributed by atoms with Gasteiger partial charge in [0, 0.05) is 5.41 Å². The van der Waals surface area contributed by atoms with Gasteiger partial charge in [-0.3, -0.25) is 0 Å². The maximum absolute atomic E-state index is 2.34. The zero-order valence-electron chi connectivity index (χ0n) is 10.1. The minimum absolute atomic E-state index is 0.118. The molecule has 0 heterocycles. The van der Waals surface area contributed by atoms with E-state index in [2.05, 4.69) is 73.7 Å². The van der Waals surface area contributed by atoms with Crippen LogP contribution in [-0.2, 0) is 5.41 Å². The van der Waals surface area contributed by atoms with Gasteiger partial charge in [-0.05, 0) is 23.1 Å². The van der Waals surface area contributed by atoms with E-state index in [-0.39, 0.29) is 5.41 Å². The maximum atomic E-state index is 2.34. The largest absolute Gasteiger partial charge is 0.0827 e. The Bertz CT molecular complexity index is 551. The number of fused-ring (bicyclic) bond motifs is 1. The van der Waals surface area contributed by atoms with Crippen molar-refractivity contribution in [1.82, 2.24) is 0 Å². The van der Waals surface area contributed by atoms with Crippen molar-refractivity contribution in [2.75, 3.05) is 0 Å². The molecule has 0 N–H and O–H groups in total. The molecule has 0 aromatic heterocycles. The molecule has 1 aliphatic rings. The molecule has 0 bridgehead atoms. The van der Waals surface area contributed by atoms with Crippen LogP contribution in [0.3, 0.4) is 0 Å². The summed E-state index contributed by atoms with van der Waals surface area (Å²) < 4.78 is 0. The Morgan fingerprint density at radius 3 is 2.41 bits per heavy atom. The van der Waals surface area contributed by atoms with Crippen molar-refractivity contribution < 1.29 is 0 Å². The first-order valence-electron chi connectivity index (χ1n) is 6.12. The van der Waals surface area contributed by atoms with Gasteiger partial charge in [-0.2, -0.15) is 0 Å².